The molecule has 0 atom stereocenters. The Kier molecular flexibility index (Phi) is 2150. The molecule has 0 fully saturated rings. The summed E-state index contributed by atoms with van der Waals surface area (Å²) in [6.07, 6.45) is 0. The minimum absolute atomic E-state index is 0. The SMILES string of the molecule is [Ba+2].[Ba+2].[Cu+2].[Cu+2].[O-2].[O-2].[O-2].[O-2].[O-2].[O-2].[O-2].[Sc+3].[Sc+3]. The third-order valence-electron chi connectivity index (χ3n) is 0. The van der Waals surface area contributed by atoms with Crippen LogP contribution in [0.15, 0.2) is 0 Å². The maximum absolute atomic E-state index is 0. The van der Waals surface area contributed by atoms with Gasteiger partial charge in [-0.05, 0) is 0 Å². The zero-order chi connectivity index (χ0) is 0. The molecule has 0 saturated carbocycles. The van der Waals surface area contributed by atoms with Gasteiger partial charge in [-0.3, -0.25) is 0 Å². The van der Waals surface area contributed by atoms with Crippen LogP contribution in [0.25, 0.3) is 0 Å². The number of rotatable bonds is 0. The molecule has 0 aromatic carbocycles. The Morgan fingerprint density at radius 3 is 0.308 bits per heavy atom. The zero-order valence-electron chi connectivity index (χ0n) is 6.03. The summed E-state index contributed by atoms with van der Waals surface area (Å²) in [6, 6.07) is 0. The van der Waals surface area contributed by atoms with Gasteiger partial charge in [-0.25, -0.2) is 0 Å². The van der Waals surface area contributed by atoms with Crippen molar-refractivity contribution in [1.29, 1.82) is 0 Å². The summed E-state index contributed by atoms with van der Waals surface area (Å²) in [5.74, 6) is 0. The fraction of sp³-hybridized carbons (Fsp3) is 0. The molecule has 13 heteroatoms. The van der Waals surface area contributed by atoms with Crippen LogP contribution in [0.1, 0.15) is 0 Å². The van der Waals surface area contributed by atoms with Crippen molar-refractivity contribution >= 4 is 97.8 Å². The predicted molar refractivity (Wildman–Crippen MR) is 16.3 cm³/mol. The maximum Gasteiger partial charge on any atom is 3.00 e. The molecule has 2 radical (unpaired) electrons. The van der Waals surface area contributed by atoms with Gasteiger partial charge >= 0.3 is 184 Å². The minimum atomic E-state index is 0. The second kappa shape index (κ2) is 153. The molecule has 0 aliphatic heterocycles. The molecule has 0 N–H and O–H groups in total. The Morgan fingerprint density at radius 1 is 0.308 bits per heavy atom. The second-order valence-electron chi connectivity index (χ2n) is 0. The van der Waals surface area contributed by atoms with Gasteiger partial charge in [-0.1, -0.05) is 0 Å². The fourth-order valence-electron chi connectivity index (χ4n) is 0. The van der Waals surface area contributed by atoms with Crippen LogP contribution < -0.4 is 0 Å². The molecule has 0 spiro atoms. The fourth-order valence-corrected chi connectivity index (χ4v) is 0. The Morgan fingerprint density at radius 2 is 0.308 bits per heavy atom. The molecule has 13 heavy (non-hydrogen) atoms. The molecule has 0 heterocycles. The van der Waals surface area contributed by atoms with E-state index in [0.717, 1.165) is 0 Å². The quantitative estimate of drug-likeness (QED) is 0.288. The Balaban J connectivity index is 0. The van der Waals surface area contributed by atoms with Gasteiger partial charge in [0.25, 0.3) is 0 Å². The van der Waals surface area contributed by atoms with E-state index < -0.39 is 0 Å². The summed E-state index contributed by atoms with van der Waals surface area (Å²) in [5, 5.41) is 0. The van der Waals surface area contributed by atoms with Gasteiger partial charge in [0.15, 0.2) is 0 Å². The molecule has 0 aliphatic rings. The summed E-state index contributed by atoms with van der Waals surface area (Å²) >= 11 is 0. The van der Waals surface area contributed by atoms with Crippen LogP contribution in [0.3, 0.4) is 0 Å². The van der Waals surface area contributed by atoms with Crippen LogP contribution >= 0.6 is 0 Å². The van der Waals surface area contributed by atoms with Crippen molar-refractivity contribution in [3.05, 3.63) is 0 Å². The largest absolute Gasteiger partial charge is 3.00 e. The van der Waals surface area contributed by atoms with Crippen molar-refractivity contribution in [1.82, 2.24) is 0 Å². The molecule has 0 unspecified atom stereocenters. The van der Waals surface area contributed by atoms with Gasteiger partial charge in [0.2, 0.25) is 0 Å². The van der Waals surface area contributed by atoms with Crippen LogP contribution in [0.4, 0.5) is 0 Å². The minimum Gasteiger partial charge on any atom is -2.00 e. The van der Waals surface area contributed by atoms with Crippen LogP contribution in [-0.4, -0.2) is 97.8 Å². The van der Waals surface area contributed by atoms with Crippen LogP contribution in [0.5, 0.6) is 0 Å². The topological polar surface area (TPSA) is 200 Å². The van der Waals surface area contributed by atoms with Gasteiger partial charge in [0.05, 0.1) is 0 Å². The van der Waals surface area contributed by atoms with Gasteiger partial charge in [0, 0.05) is 0 Å². The van der Waals surface area contributed by atoms with E-state index in [0.29, 0.717) is 0 Å². The molecule has 7 nitrogen and oxygen atoms in total. The molecule has 0 aromatic heterocycles. The Bertz CT molecular complexity index is 22.5. The first-order valence-corrected chi connectivity index (χ1v) is 0. The average molecular weight is 604 g/mol. The second-order valence-corrected chi connectivity index (χ2v) is 0. The zero-order valence-corrected chi connectivity index (χ0v) is 20.4. The molecule has 74 valence electrons. The number of hydrogen-bond donors (Lipinski definition) is 0. The summed E-state index contributed by atoms with van der Waals surface area (Å²) in [7, 11) is 0. The first-order chi connectivity index (χ1) is 0. The molecule has 0 saturated heterocycles. The maximum atomic E-state index is 0. The summed E-state index contributed by atoms with van der Waals surface area (Å²) in [6.45, 7) is 0. The predicted octanol–water partition coefficient (Wildman–Crippen LogP) is -1.60. The monoisotopic (exact) mass is 604 g/mol. The van der Waals surface area contributed by atoms with Crippen molar-refractivity contribution in [2.24, 2.45) is 0 Å². The van der Waals surface area contributed by atoms with Crippen molar-refractivity contribution in [3.63, 3.8) is 0 Å². The van der Waals surface area contributed by atoms with Crippen molar-refractivity contribution < 1.29 is 124 Å². The van der Waals surface area contributed by atoms with E-state index >= 15 is 0 Å². The van der Waals surface area contributed by atoms with Crippen molar-refractivity contribution in [2.75, 3.05) is 0 Å². The normalized spacial score (nSPS) is 0. The molecule has 0 bridgehead atoms. The third-order valence-corrected chi connectivity index (χ3v) is 0. The van der Waals surface area contributed by atoms with E-state index in [2.05, 4.69) is 0 Å². The molecule has 0 aliphatic carbocycles. The van der Waals surface area contributed by atoms with E-state index in [9.17, 15) is 0 Å². The summed E-state index contributed by atoms with van der Waals surface area (Å²) in [4.78, 5) is 0. The van der Waals surface area contributed by atoms with E-state index in [1.54, 1.807) is 0 Å². The van der Waals surface area contributed by atoms with Gasteiger partial charge in [0.1, 0.15) is 0 Å². The molecule has 0 amide bonds. The Labute approximate surface area is 216 Å². The average Bonchev–Trinajstić information content (AvgIpc) is 0. The third kappa shape index (κ3) is 136. The molecule has 0 rings (SSSR count). The van der Waals surface area contributed by atoms with Crippen LogP contribution in [-0.2, 0) is 124 Å². The molecular formula is Ba2Cu2O7Sc2. The van der Waals surface area contributed by atoms with Gasteiger partial charge < -0.3 is 38.3 Å². The van der Waals surface area contributed by atoms with Crippen LogP contribution in [0.2, 0.25) is 0 Å². The van der Waals surface area contributed by atoms with Gasteiger partial charge in [-0.2, -0.15) is 0 Å². The summed E-state index contributed by atoms with van der Waals surface area (Å²) < 4.78 is 0. The van der Waals surface area contributed by atoms with Crippen molar-refractivity contribution in [3.8, 4) is 0 Å². The van der Waals surface area contributed by atoms with E-state index in [-0.39, 0.29) is 222 Å². The van der Waals surface area contributed by atoms with Crippen molar-refractivity contribution in [2.45, 2.75) is 0 Å². The summed E-state index contributed by atoms with van der Waals surface area (Å²) in [5.41, 5.74) is 0. The standard InChI is InChI=1S/2Ba.2Cu.7O.2Sc/q4*+2;7*-2;2*+3. The van der Waals surface area contributed by atoms with E-state index in [1.165, 1.54) is 0 Å². The molecular weight excluding hydrogens is 604 g/mol. The van der Waals surface area contributed by atoms with E-state index in [4.69, 9.17) is 0 Å². The number of hydrogen-bond acceptors (Lipinski definition) is 0. The van der Waals surface area contributed by atoms with Gasteiger partial charge in [-0.15, -0.1) is 0 Å². The first-order valence-electron chi connectivity index (χ1n) is 0. The smallest absolute Gasteiger partial charge is 2.00 e. The van der Waals surface area contributed by atoms with Crippen LogP contribution in [0, 0.1) is 0 Å². The van der Waals surface area contributed by atoms with E-state index in [1.807, 2.05) is 0 Å². The Hall–Kier alpha value is 5.64. The molecule has 0 aromatic rings. The first kappa shape index (κ1) is 182.